The number of aliphatic imine (C=N–C) groups is 1. The normalized spacial score (nSPS) is 18.9. The molecule has 2 N–H and O–H groups in total. The maximum Gasteiger partial charge on any atom is 0.421 e. The first-order valence-corrected chi connectivity index (χ1v) is 10.1. The number of imide groups is 1. The number of carbonyl (C=O) groups is 3. The van der Waals surface area contributed by atoms with E-state index in [2.05, 4.69) is 10.1 Å². The Morgan fingerprint density at radius 1 is 1.27 bits per heavy atom. The molecule has 1 unspecified atom stereocenters. The minimum atomic E-state index is -0.860. The van der Waals surface area contributed by atoms with E-state index in [-0.39, 0.29) is 0 Å². The zero-order chi connectivity index (χ0) is 22.0. The van der Waals surface area contributed by atoms with Gasteiger partial charge >= 0.3 is 12.0 Å². The van der Waals surface area contributed by atoms with Crippen molar-refractivity contribution < 1.29 is 23.7 Å². The molecule has 2 aliphatic heterocycles. The zero-order valence-electron chi connectivity index (χ0n) is 17.8. The summed E-state index contributed by atoms with van der Waals surface area (Å²) in [4.78, 5) is 44.1. The van der Waals surface area contributed by atoms with Crippen LogP contribution in [0.5, 0.6) is 0 Å². The van der Waals surface area contributed by atoms with E-state index >= 15 is 0 Å². The number of rotatable bonds is 8. The highest BCUT2D eigenvalue weighted by Gasteiger charge is 2.53. The molecule has 2 aliphatic rings. The SMILES string of the molecule is CCOCC[N+]1=C(n2nc(CC)cc2CC)N=C2C1C(=O)N(CC(N)=O)C(=O)N2C. The van der Waals surface area contributed by atoms with Crippen LogP contribution < -0.4 is 5.73 Å². The summed E-state index contributed by atoms with van der Waals surface area (Å²) in [7, 11) is 1.53. The van der Waals surface area contributed by atoms with Gasteiger partial charge in [0.2, 0.25) is 17.8 Å². The number of aryl methyl sites for hydroxylation is 2. The Morgan fingerprint density at radius 2 is 2.00 bits per heavy atom. The van der Waals surface area contributed by atoms with Gasteiger partial charge in [-0.2, -0.15) is 0 Å². The fourth-order valence-electron chi connectivity index (χ4n) is 3.59. The number of carbonyl (C=O) groups excluding carboxylic acids is 3. The van der Waals surface area contributed by atoms with E-state index in [0.717, 1.165) is 29.1 Å². The van der Waals surface area contributed by atoms with Gasteiger partial charge in [-0.3, -0.25) is 19.4 Å². The molecule has 0 aliphatic carbocycles. The first-order valence-electron chi connectivity index (χ1n) is 10.1. The van der Waals surface area contributed by atoms with Gasteiger partial charge < -0.3 is 10.5 Å². The van der Waals surface area contributed by atoms with Gasteiger partial charge in [0.1, 0.15) is 12.2 Å². The third kappa shape index (κ3) is 3.72. The van der Waals surface area contributed by atoms with Gasteiger partial charge in [-0.25, -0.2) is 9.37 Å². The highest BCUT2D eigenvalue weighted by Crippen LogP contribution is 2.21. The van der Waals surface area contributed by atoms with Crippen molar-refractivity contribution >= 4 is 29.6 Å². The van der Waals surface area contributed by atoms with E-state index in [1.165, 1.54) is 11.9 Å². The number of primary amides is 1. The van der Waals surface area contributed by atoms with Gasteiger partial charge in [0.15, 0.2) is 0 Å². The number of hydrogen-bond donors (Lipinski definition) is 1. The van der Waals surface area contributed by atoms with Crippen molar-refractivity contribution in [2.75, 3.05) is 33.4 Å². The van der Waals surface area contributed by atoms with E-state index in [9.17, 15) is 14.4 Å². The highest BCUT2D eigenvalue weighted by molar-refractivity contribution is 6.23. The van der Waals surface area contributed by atoms with Crippen LogP contribution in [0.1, 0.15) is 32.2 Å². The Morgan fingerprint density at radius 3 is 2.60 bits per heavy atom. The summed E-state index contributed by atoms with van der Waals surface area (Å²) >= 11 is 0. The summed E-state index contributed by atoms with van der Waals surface area (Å²) in [5.41, 5.74) is 7.10. The van der Waals surface area contributed by atoms with Crippen LogP contribution in [-0.4, -0.2) is 93.2 Å². The van der Waals surface area contributed by atoms with Crippen LogP contribution in [0.25, 0.3) is 0 Å². The number of hydrogen-bond acceptors (Lipinski definition) is 6. The monoisotopic (exact) mass is 418 g/mol. The second-order valence-corrected chi connectivity index (χ2v) is 7.04. The lowest BCUT2D eigenvalue weighted by Gasteiger charge is -2.33. The number of urea groups is 1. The largest absolute Gasteiger partial charge is 0.421 e. The van der Waals surface area contributed by atoms with E-state index in [4.69, 9.17) is 10.5 Å². The molecule has 0 spiro atoms. The van der Waals surface area contributed by atoms with Crippen molar-refractivity contribution in [3.05, 3.63) is 17.5 Å². The molecule has 3 rings (SSSR count). The summed E-state index contributed by atoms with van der Waals surface area (Å²) in [5.74, 6) is -0.544. The average Bonchev–Trinajstić information content (AvgIpc) is 3.31. The molecule has 1 aromatic heterocycles. The summed E-state index contributed by atoms with van der Waals surface area (Å²) in [6, 6.07) is 0.512. The molecule has 1 atom stereocenters. The summed E-state index contributed by atoms with van der Waals surface area (Å²) < 4.78 is 9.00. The molecular formula is C19H28N7O4+. The van der Waals surface area contributed by atoms with E-state index in [1.807, 2.05) is 26.8 Å². The van der Waals surface area contributed by atoms with Crippen LogP contribution in [0.2, 0.25) is 0 Å². The molecule has 1 fully saturated rings. The molecular weight excluding hydrogens is 390 g/mol. The van der Waals surface area contributed by atoms with Crippen LogP contribution in [0, 0.1) is 0 Å². The first-order chi connectivity index (χ1) is 14.3. The van der Waals surface area contributed by atoms with Gasteiger partial charge in [-0.15, -0.1) is 9.78 Å². The summed E-state index contributed by atoms with van der Waals surface area (Å²) in [6.45, 7) is 6.70. The van der Waals surface area contributed by atoms with Crippen molar-refractivity contribution in [3.8, 4) is 0 Å². The van der Waals surface area contributed by atoms with E-state index in [0.29, 0.717) is 31.6 Å². The second kappa shape index (κ2) is 8.74. The predicted molar refractivity (Wildman–Crippen MR) is 108 cm³/mol. The first kappa shape index (κ1) is 21.6. The minimum Gasteiger partial charge on any atom is -0.378 e. The van der Waals surface area contributed by atoms with Crippen molar-refractivity contribution in [2.24, 2.45) is 10.7 Å². The molecule has 0 bridgehead atoms. The Hall–Kier alpha value is -3.08. The lowest BCUT2D eigenvalue weighted by atomic mass is 10.1. The lowest BCUT2D eigenvalue weighted by molar-refractivity contribution is -0.540. The molecule has 4 amide bonds. The number of nitrogens with zero attached hydrogens (tertiary/aromatic N) is 6. The smallest absolute Gasteiger partial charge is 0.378 e. The van der Waals surface area contributed by atoms with E-state index < -0.39 is 30.4 Å². The lowest BCUT2D eigenvalue weighted by Crippen LogP contribution is -2.64. The molecule has 11 heteroatoms. The number of aromatic nitrogens is 2. The fraction of sp³-hybridized carbons (Fsp3) is 0.579. The molecule has 162 valence electrons. The summed E-state index contributed by atoms with van der Waals surface area (Å²) in [5, 5.41) is 4.64. The molecule has 3 heterocycles. The molecule has 1 aromatic rings. The number of likely N-dealkylation sites (N-methyl/N-ethyl adjacent to an activating group) is 1. The topological polar surface area (TPSA) is 126 Å². The highest BCUT2D eigenvalue weighted by atomic mass is 16.5. The maximum atomic E-state index is 13.2. The van der Waals surface area contributed by atoms with Gasteiger partial charge in [-0.05, 0) is 19.4 Å². The molecule has 11 nitrogen and oxygen atoms in total. The van der Waals surface area contributed by atoms with Crippen molar-refractivity contribution in [1.82, 2.24) is 19.6 Å². The summed E-state index contributed by atoms with van der Waals surface area (Å²) in [6.07, 6.45) is 1.48. The van der Waals surface area contributed by atoms with Crippen LogP contribution >= 0.6 is 0 Å². The Balaban J connectivity index is 2.11. The molecule has 0 saturated carbocycles. The Labute approximate surface area is 174 Å². The quantitative estimate of drug-likeness (QED) is 0.447. The fourth-order valence-corrected chi connectivity index (χ4v) is 3.59. The van der Waals surface area contributed by atoms with Crippen molar-refractivity contribution in [2.45, 2.75) is 39.7 Å². The maximum absolute atomic E-state index is 13.2. The van der Waals surface area contributed by atoms with Crippen molar-refractivity contribution in [1.29, 1.82) is 0 Å². The Bertz CT molecular complexity index is 933. The zero-order valence-corrected chi connectivity index (χ0v) is 17.8. The van der Waals surface area contributed by atoms with Gasteiger partial charge in [0, 0.05) is 20.1 Å². The third-order valence-electron chi connectivity index (χ3n) is 5.13. The standard InChI is InChI=1S/C19H27N7O4/c1-5-12-10-13(6-2)26(22-12)18-21-16-15(24(18)8-9-30-7-3)17(28)25(11-14(20)27)19(29)23(16)4/h10,15H,5-9,11H2,1-4H3,(H-,20,27)/p+1. The van der Waals surface area contributed by atoms with Gasteiger partial charge in [-0.1, -0.05) is 18.8 Å². The van der Waals surface area contributed by atoms with Crippen LogP contribution in [0.15, 0.2) is 11.1 Å². The molecule has 30 heavy (non-hydrogen) atoms. The number of fused-ring (bicyclic) bond motifs is 1. The number of amidine groups is 1. The number of amides is 4. The van der Waals surface area contributed by atoms with E-state index in [1.54, 1.807) is 9.26 Å². The average molecular weight is 418 g/mol. The molecule has 1 saturated heterocycles. The second-order valence-electron chi connectivity index (χ2n) is 7.04. The minimum absolute atomic E-state index is 0.299. The van der Waals surface area contributed by atoms with Gasteiger partial charge in [0.25, 0.3) is 5.91 Å². The predicted octanol–water partition coefficient (Wildman–Crippen LogP) is -0.579. The van der Waals surface area contributed by atoms with Crippen LogP contribution in [0.4, 0.5) is 4.79 Å². The van der Waals surface area contributed by atoms with Crippen molar-refractivity contribution in [3.63, 3.8) is 0 Å². The van der Waals surface area contributed by atoms with Gasteiger partial charge in [0.05, 0.1) is 18.8 Å². The number of nitrogens with two attached hydrogens (primary N) is 1. The third-order valence-corrected chi connectivity index (χ3v) is 5.13. The molecule has 0 aromatic carbocycles. The van der Waals surface area contributed by atoms with Crippen LogP contribution in [-0.2, 0) is 27.2 Å². The number of ether oxygens (including phenoxy) is 1. The Kier molecular flexibility index (Phi) is 6.30. The van der Waals surface area contributed by atoms with Crippen LogP contribution in [0.3, 0.4) is 0 Å². The molecule has 0 radical (unpaired) electrons.